The Bertz CT molecular complexity index is 493. The Balaban J connectivity index is 2.04. The lowest BCUT2D eigenvalue weighted by atomic mass is 9.98. The van der Waals surface area contributed by atoms with E-state index in [2.05, 4.69) is 10.6 Å². The summed E-state index contributed by atoms with van der Waals surface area (Å²) in [7, 11) is 0. The first kappa shape index (κ1) is 15.8. The van der Waals surface area contributed by atoms with Crippen LogP contribution in [0, 0.1) is 5.92 Å². The third kappa shape index (κ3) is 3.56. The molecule has 1 atom stereocenters. The highest BCUT2D eigenvalue weighted by molar-refractivity contribution is 7.10. The fourth-order valence-electron chi connectivity index (χ4n) is 2.80. The highest BCUT2D eigenvalue weighted by atomic mass is 32.1. The van der Waals surface area contributed by atoms with Gasteiger partial charge in [-0.25, -0.2) is 9.59 Å². The summed E-state index contributed by atoms with van der Waals surface area (Å²) in [6, 6.07) is 3.44. The SMILES string of the molecule is CC(C)C(NC(=O)NC1(C(=O)O)CCCC1)c1cccs1. The van der Waals surface area contributed by atoms with Crippen LogP contribution in [0.4, 0.5) is 4.79 Å². The first-order chi connectivity index (χ1) is 9.94. The lowest BCUT2D eigenvalue weighted by Crippen LogP contribution is -2.56. The van der Waals surface area contributed by atoms with E-state index in [0.29, 0.717) is 12.8 Å². The molecule has 0 bridgehead atoms. The Morgan fingerprint density at radius 3 is 2.48 bits per heavy atom. The standard InChI is InChI=1S/C15H22N2O3S/c1-10(2)12(11-6-5-9-21-11)16-14(20)17-15(13(18)19)7-3-4-8-15/h5-6,9-10,12H,3-4,7-8H2,1-2H3,(H,18,19)(H2,16,17,20). The van der Waals surface area contributed by atoms with E-state index in [9.17, 15) is 14.7 Å². The number of rotatable bonds is 5. The number of thiophene rings is 1. The third-order valence-corrected chi connectivity index (χ3v) is 4.98. The highest BCUT2D eigenvalue weighted by Gasteiger charge is 2.42. The zero-order valence-corrected chi connectivity index (χ0v) is 13.2. The normalized spacial score (nSPS) is 18.4. The van der Waals surface area contributed by atoms with E-state index in [0.717, 1.165) is 17.7 Å². The Hall–Kier alpha value is -1.56. The average Bonchev–Trinajstić information content (AvgIpc) is 3.07. The Kier molecular flexibility index (Phi) is 4.88. The van der Waals surface area contributed by atoms with Crippen molar-refractivity contribution in [3.8, 4) is 0 Å². The average molecular weight is 310 g/mol. The lowest BCUT2D eigenvalue weighted by molar-refractivity contribution is -0.144. The van der Waals surface area contributed by atoms with Crippen LogP contribution in [-0.4, -0.2) is 22.6 Å². The summed E-state index contributed by atoms with van der Waals surface area (Å²) in [4.78, 5) is 24.8. The third-order valence-electron chi connectivity index (χ3n) is 4.02. The lowest BCUT2D eigenvalue weighted by Gasteiger charge is -2.28. The second-order valence-electron chi connectivity index (χ2n) is 5.93. The molecule has 1 aliphatic rings. The summed E-state index contributed by atoms with van der Waals surface area (Å²) in [5, 5.41) is 17.0. The number of amides is 2. The molecule has 1 aromatic rings. The molecule has 21 heavy (non-hydrogen) atoms. The Morgan fingerprint density at radius 2 is 2.00 bits per heavy atom. The van der Waals surface area contributed by atoms with Crippen LogP contribution in [0.3, 0.4) is 0 Å². The summed E-state index contributed by atoms with van der Waals surface area (Å²) in [5.74, 6) is -0.703. The summed E-state index contributed by atoms with van der Waals surface area (Å²) in [6.45, 7) is 4.07. The van der Waals surface area contributed by atoms with Gasteiger partial charge in [-0.1, -0.05) is 32.8 Å². The number of hydrogen-bond acceptors (Lipinski definition) is 3. The molecule has 2 rings (SSSR count). The molecule has 0 radical (unpaired) electrons. The number of aliphatic carboxylic acids is 1. The predicted octanol–water partition coefficient (Wildman–Crippen LogP) is 3.14. The van der Waals surface area contributed by atoms with Gasteiger partial charge in [0.2, 0.25) is 0 Å². The van der Waals surface area contributed by atoms with Gasteiger partial charge in [0.25, 0.3) is 0 Å². The zero-order chi connectivity index (χ0) is 15.5. The minimum atomic E-state index is -1.10. The van der Waals surface area contributed by atoms with Gasteiger partial charge < -0.3 is 15.7 Å². The first-order valence-electron chi connectivity index (χ1n) is 7.30. The van der Waals surface area contributed by atoms with E-state index in [-0.39, 0.29) is 12.0 Å². The highest BCUT2D eigenvalue weighted by Crippen LogP contribution is 2.30. The quantitative estimate of drug-likeness (QED) is 0.781. The van der Waals surface area contributed by atoms with Crippen LogP contribution in [0.25, 0.3) is 0 Å². The number of carbonyl (C=O) groups is 2. The topological polar surface area (TPSA) is 78.4 Å². The van der Waals surface area contributed by atoms with Crippen molar-refractivity contribution < 1.29 is 14.7 Å². The Labute approximate surface area is 128 Å². The van der Waals surface area contributed by atoms with Crippen LogP contribution < -0.4 is 10.6 Å². The van der Waals surface area contributed by atoms with Crippen LogP contribution in [-0.2, 0) is 4.79 Å². The first-order valence-corrected chi connectivity index (χ1v) is 8.18. The summed E-state index contributed by atoms with van der Waals surface area (Å²) < 4.78 is 0. The van der Waals surface area contributed by atoms with Gasteiger partial charge in [-0.3, -0.25) is 0 Å². The van der Waals surface area contributed by atoms with E-state index in [1.807, 2.05) is 31.4 Å². The molecule has 1 aromatic heterocycles. The summed E-state index contributed by atoms with van der Waals surface area (Å²) >= 11 is 1.59. The number of nitrogens with one attached hydrogen (secondary N) is 2. The maximum Gasteiger partial charge on any atom is 0.329 e. The molecule has 6 heteroatoms. The van der Waals surface area contributed by atoms with Gasteiger partial charge in [-0.05, 0) is 30.2 Å². The largest absolute Gasteiger partial charge is 0.480 e. The van der Waals surface area contributed by atoms with Gasteiger partial charge >= 0.3 is 12.0 Å². The molecular formula is C15H22N2O3S. The molecule has 1 aliphatic carbocycles. The number of hydrogen-bond donors (Lipinski definition) is 3. The van der Waals surface area contributed by atoms with E-state index < -0.39 is 17.5 Å². The summed E-state index contributed by atoms with van der Waals surface area (Å²) in [5.41, 5.74) is -1.10. The zero-order valence-electron chi connectivity index (χ0n) is 12.4. The number of urea groups is 1. The second kappa shape index (κ2) is 6.47. The van der Waals surface area contributed by atoms with Gasteiger partial charge in [0.1, 0.15) is 5.54 Å². The van der Waals surface area contributed by atoms with Crippen molar-refractivity contribution in [3.05, 3.63) is 22.4 Å². The van der Waals surface area contributed by atoms with Crippen LogP contribution in [0.15, 0.2) is 17.5 Å². The van der Waals surface area contributed by atoms with E-state index in [1.165, 1.54) is 0 Å². The molecule has 1 unspecified atom stereocenters. The van der Waals surface area contributed by atoms with Crippen LogP contribution >= 0.6 is 11.3 Å². The maximum absolute atomic E-state index is 12.2. The summed E-state index contributed by atoms with van der Waals surface area (Å²) in [6.07, 6.45) is 2.68. The molecule has 3 N–H and O–H groups in total. The fraction of sp³-hybridized carbons (Fsp3) is 0.600. The molecule has 0 saturated heterocycles. The van der Waals surface area contributed by atoms with Crippen molar-refractivity contribution in [2.24, 2.45) is 5.92 Å². The van der Waals surface area contributed by atoms with Crippen molar-refractivity contribution in [3.63, 3.8) is 0 Å². The minimum Gasteiger partial charge on any atom is -0.480 e. The molecule has 0 aromatic carbocycles. The van der Waals surface area contributed by atoms with Crippen molar-refractivity contribution in [2.75, 3.05) is 0 Å². The van der Waals surface area contributed by atoms with Crippen molar-refractivity contribution in [1.82, 2.24) is 10.6 Å². The van der Waals surface area contributed by atoms with Crippen LogP contribution in [0.2, 0.25) is 0 Å². The van der Waals surface area contributed by atoms with Gasteiger partial charge in [-0.15, -0.1) is 11.3 Å². The molecule has 5 nitrogen and oxygen atoms in total. The molecule has 0 spiro atoms. The van der Waals surface area contributed by atoms with E-state index in [1.54, 1.807) is 11.3 Å². The smallest absolute Gasteiger partial charge is 0.329 e. The van der Waals surface area contributed by atoms with Crippen LogP contribution in [0.5, 0.6) is 0 Å². The predicted molar refractivity (Wildman–Crippen MR) is 82.4 cm³/mol. The molecule has 2 amide bonds. The molecule has 0 aliphatic heterocycles. The molecule has 1 heterocycles. The number of carbonyl (C=O) groups excluding carboxylic acids is 1. The van der Waals surface area contributed by atoms with Gasteiger partial charge in [0.15, 0.2) is 0 Å². The molecule has 1 fully saturated rings. The van der Waals surface area contributed by atoms with Crippen LogP contribution in [0.1, 0.15) is 50.4 Å². The Morgan fingerprint density at radius 1 is 1.33 bits per heavy atom. The molecule has 1 saturated carbocycles. The monoisotopic (exact) mass is 310 g/mol. The molecular weight excluding hydrogens is 288 g/mol. The number of carboxylic acids is 1. The van der Waals surface area contributed by atoms with E-state index >= 15 is 0 Å². The molecule has 116 valence electrons. The number of carboxylic acid groups (broad SMARTS) is 1. The maximum atomic E-state index is 12.2. The van der Waals surface area contributed by atoms with Crippen molar-refractivity contribution >= 4 is 23.3 Å². The van der Waals surface area contributed by atoms with Gasteiger partial charge in [0.05, 0.1) is 6.04 Å². The second-order valence-corrected chi connectivity index (χ2v) is 6.91. The minimum absolute atomic E-state index is 0.0998. The van der Waals surface area contributed by atoms with Gasteiger partial charge in [-0.2, -0.15) is 0 Å². The fourth-order valence-corrected chi connectivity index (χ4v) is 3.75. The van der Waals surface area contributed by atoms with Crippen molar-refractivity contribution in [2.45, 2.75) is 51.1 Å². The van der Waals surface area contributed by atoms with E-state index in [4.69, 9.17) is 0 Å². The van der Waals surface area contributed by atoms with Crippen molar-refractivity contribution in [1.29, 1.82) is 0 Å². The van der Waals surface area contributed by atoms with Gasteiger partial charge in [0, 0.05) is 4.88 Å².